The fourth-order valence-electron chi connectivity index (χ4n) is 2.72. The van der Waals surface area contributed by atoms with Gasteiger partial charge in [0, 0.05) is 12.6 Å². The molecule has 0 bridgehead atoms. The molecule has 1 fully saturated rings. The minimum Gasteiger partial charge on any atom is -0.313 e. The maximum absolute atomic E-state index is 3.77. The second kappa shape index (κ2) is 7.49. The van der Waals surface area contributed by atoms with Crippen molar-refractivity contribution in [2.75, 3.05) is 26.2 Å². The molecular formula is C16H34N2. The number of hydrogen-bond donors (Lipinski definition) is 1. The first-order valence-corrected chi connectivity index (χ1v) is 7.94. The predicted octanol–water partition coefficient (Wildman–Crippen LogP) is 3.52. The first kappa shape index (κ1) is 16.0. The van der Waals surface area contributed by atoms with Gasteiger partial charge in [-0.2, -0.15) is 0 Å². The SMILES string of the molecule is CCCN1CCC(C(C)NCC(C)(C)CC)CC1. The molecule has 1 N–H and O–H groups in total. The molecule has 18 heavy (non-hydrogen) atoms. The Morgan fingerprint density at radius 3 is 2.33 bits per heavy atom. The van der Waals surface area contributed by atoms with Crippen molar-refractivity contribution in [2.45, 2.75) is 66.3 Å². The molecule has 1 atom stereocenters. The summed E-state index contributed by atoms with van der Waals surface area (Å²) in [5.74, 6) is 0.880. The molecule has 1 saturated heterocycles. The molecule has 1 heterocycles. The molecule has 1 aliphatic rings. The molecule has 0 aliphatic carbocycles. The zero-order valence-corrected chi connectivity index (χ0v) is 13.3. The molecule has 0 aromatic heterocycles. The first-order valence-electron chi connectivity index (χ1n) is 7.94. The third kappa shape index (κ3) is 5.27. The first-order chi connectivity index (χ1) is 8.48. The zero-order valence-electron chi connectivity index (χ0n) is 13.3. The van der Waals surface area contributed by atoms with Gasteiger partial charge in [0.1, 0.15) is 0 Å². The molecule has 0 aromatic carbocycles. The van der Waals surface area contributed by atoms with Crippen LogP contribution in [0.4, 0.5) is 0 Å². The largest absolute Gasteiger partial charge is 0.313 e. The van der Waals surface area contributed by atoms with Crippen LogP contribution in [0.15, 0.2) is 0 Å². The monoisotopic (exact) mass is 254 g/mol. The van der Waals surface area contributed by atoms with Gasteiger partial charge < -0.3 is 10.2 Å². The van der Waals surface area contributed by atoms with Crippen molar-refractivity contribution in [2.24, 2.45) is 11.3 Å². The highest BCUT2D eigenvalue weighted by Crippen LogP contribution is 2.23. The summed E-state index contributed by atoms with van der Waals surface area (Å²) < 4.78 is 0. The molecule has 1 rings (SSSR count). The topological polar surface area (TPSA) is 15.3 Å². The quantitative estimate of drug-likeness (QED) is 0.748. The van der Waals surface area contributed by atoms with E-state index in [0.29, 0.717) is 11.5 Å². The standard InChI is InChI=1S/C16H34N2/c1-6-10-18-11-8-15(9-12-18)14(3)17-13-16(4,5)7-2/h14-15,17H,6-13H2,1-5H3. The van der Waals surface area contributed by atoms with Crippen molar-refractivity contribution in [3.8, 4) is 0 Å². The Morgan fingerprint density at radius 2 is 1.83 bits per heavy atom. The van der Waals surface area contributed by atoms with E-state index in [1.807, 2.05) is 0 Å². The van der Waals surface area contributed by atoms with Crippen LogP contribution in [-0.2, 0) is 0 Å². The van der Waals surface area contributed by atoms with Crippen LogP contribution in [0, 0.1) is 11.3 Å². The maximum Gasteiger partial charge on any atom is 0.00681 e. The third-order valence-electron chi connectivity index (χ3n) is 4.74. The number of rotatable bonds is 7. The summed E-state index contributed by atoms with van der Waals surface area (Å²) in [6.07, 6.45) is 5.30. The van der Waals surface area contributed by atoms with E-state index in [0.717, 1.165) is 12.5 Å². The van der Waals surface area contributed by atoms with Gasteiger partial charge in [0.15, 0.2) is 0 Å². The average molecular weight is 254 g/mol. The zero-order chi connectivity index (χ0) is 13.6. The molecule has 1 aliphatic heterocycles. The Balaban J connectivity index is 2.25. The Bertz CT molecular complexity index is 217. The van der Waals surface area contributed by atoms with Crippen LogP contribution in [0.5, 0.6) is 0 Å². The van der Waals surface area contributed by atoms with E-state index in [9.17, 15) is 0 Å². The number of likely N-dealkylation sites (tertiary alicyclic amines) is 1. The van der Waals surface area contributed by atoms with Crippen molar-refractivity contribution in [1.29, 1.82) is 0 Å². The highest BCUT2D eigenvalue weighted by atomic mass is 15.1. The predicted molar refractivity (Wildman–Crippen MR) is 81.0 cm³/mol. The summed E-state index contributed by atoms with van der Waals surface area (Å²) in [4.78, 5) is 2.62. The molecule has 2 nitrogen and oxygen atoms in total. The number of hydrogen-bond acceptors (Lipinski definition) is 2. The Kier molecular flexibility index (Phi) is 6.65. The van der Waals surface area contributed by atoms with Crippen LogP contribution in [0.1, 0.15) is 60.3 Å². The van der Waals surface area contributed by atoms with Crippen molar-refractivity contribution in [3.05, 3.63) is 0 Å². The van der Waals surface area contributed by atoms with E-state index >= 15 is 0 Å². The van der Waals surface area contributed by atoms with Crippen molar-refractivity contribution in [1.82, 2.24) is 10.2 Å². The van der Waals surface area contributed by atoms with E-state index in [4.69, 9.17) is 0 Å². The minimum atomic E-state index is 0.442. The van der Waals surface area contributed by atoms with Gasteiger partial charge in [0.25, 0.3) is 0 Å². The highest BCUT2D eigenvalue weighted by Gasteiger charge is 2.24. The maximum atomic E-state index is 3.77. The summed E-state index contributed by atoms with van der Waals surface area (Å²) in [5, 5.41) is 3.77. The van der Waals surface area contributed by atoms with Gasteiger partial charge >= 0.3 is 0 Å². The fraction of sp³-hybridized carbons (Fsp3) is 1.00. The van der Waals surface area contributed by atoms with Gasteiger partial charge in [0.05, 0.1) is 0 Å². The second-order valence-electron chi connectivity index (χ2n) is 6.87. The van der Waals surface area contributed by atoms with Crippen molar-refractivity contribution in [3.63, 3.8) is 0 Å². The summed E-state index contributed by atoms with van der Waals surface area (Å²) in [7, 11) is 0. The van der Waals surface area contributed by atoms with Gasteiger partial charge in [-0.1, -0.05) is 27.7 Å². The van der Waals surface area contributed by atoms with E-state index in [1.54, 1.807) is 0 Å². The molecule has 0 aromatic rings. The van der Waals surface area contributed by atoms with Gasteiger partial charge in [-0.25, -0.2) is 0 Å². The van der Waals surface area contributed by atoms with E-state index in [1.165, 1.54) is 45.3 Å². The second-order valence-corrected chi connectivity index (χ2v) is 6.87. The lowest BCUT2D eigenvalue weighted by atomic mass is 9.87. The lowest BCUT2D eigenvalue weighted by Crippen LogP contribution is -2.44. The van der Waals surface area contributed by atoms with Crippen LogP contribution in [0.2, 0.25) is 0 Å². The Labute approximate surface area is 115 Å². The van der Waals surface area contributed by atoms with Gasteiger partial charge in [-0.05, 0) is 63.6 Å². The lowest BCUT2D eigenvalue weighted by Gasteiger charge is -2.36. The molecule has 0 spiro atoms. The van der Waals surface area contributed by atoms with Gasteiger partial charge in [0.2, 0.25) is 0 Å². The summed E-state index contributed by atoms with van der Waals surface area (Å²) in [5.41, 5.74) is 0.442. The molecule has 0 radical (unpaired) electrons. The summed E-state index contributed by atoms with van der Waals surface area (Å²) in [6.45, 7) is 16.7. The molecule has 0 amide bonds. The molecular weight excluding hydrogens is 220 g/mol. The molecule has 0 saturated carbocycles. The Morgan fingerprint density at radius 1 is 1.22 bits per heavy atom. The van der Waals surface area contributed by atoms with Crippen LogP contribution >= 0.6 is 0 Å². The third-order valence-corrected chi connectivity index (χ3v) is 4.74. The number of nitrogens with one attached hydrogen (secondary N) is 1. The number of nitrogens with zero attached hydrogens (tertiary/aromatic N) is 1. The molecule has 1 unspecified atom stereocenters. The van der Waals surface area contributed by atoms with Crippen molar-refractivity contribution < 1.29 is 0 Å². The van der Waals surface area contributed by atoms with Gasteiger partial charge in [-0.3, -0.25) is 0 Å². The molecule has 2 heteroatoms. The fourth-order valence-corrected chi connectivity index (χ4v) is 2.72. The minimum absolute atomic E-state index is 0.442. The summed E-state index contributed by atoms with van der Waals surface area (Å²) >= 11 is 0. The van der Waals surface area contributed by atoms with Crippen molar-refractivity contribution >= 4 is 0 Å². The van der Waals surface area contributed by atoms with Crippen LogP contribution < -0.4 is 5.32 Å². The van der Waals surface area contributed by atoms with E-state index in [2.05, 4.69) is 44.8 Å². The normalized spacial score (nSPS) is 21.2. The molecule has 108 valence electrons. The van der Waals surface area contributed by atoms with Crippen LogP contribution in [0.3, 0.4) is 0 Å². The highest BCUT2D eigenvalue weighted by molar-refractivity contribution is 4.81. The summed E-state index contributed by atoms with van der Waals surface area (Å²) in [6, 6.07) is 0.680. The van der Waals surface area contributed by atoms with E-state index in [-0.39, 0.29) is 0 Å². The lowest BCUT2D eigenvalue weighted by molar-refractivity contribution is 0.157. The Hall–Kier alpha value is -0.0800. The van der Waals surface area contributed by atoms with Crippen LogP contribution in [0.25, 0.3) is 0 Å². The van der Waals surface area contributed by atoms with E-state index < -0.39 is 0 Å². The average Bonchev–Trinajstić information content (AvgIpc) is 2.37. The smallest absolute Gasteiger partial charge is 0.00681 e. The number of piperidine rings is 1. The van der Waals surface area contributed by atoms with Crippen LogP contribution in [-0.4, -0.2) is 37.1 Å². The van der Waals surface area contributed by atoms with Gasteiger partial charge in [-0.15, -0.1) is 0 Å².